The molecule has 2 saturated heterocycles. The molecule has 0 aliphatic carbocycles. The molecule has 0 radical (unpaired) electrons. The number of hydrogen-bond donors (Lipinski definition) is 0. The van der Waals surface area contributed by atoms with Gasteiger partial charge in [0.15, 0.2) is 5.84 Å². The van der Waals surface area contributed by atoms with Crippen molar-refractivity contribution in [2.75, 3.05) is 44.2 Å². The maximum Gasteiger partial charge on any atom is 0.285 e. The lowest BCUT2D eigenvalue weighted by molar-refractivity contribution is -0.137. The van der Waals surface area contributed by atoms with Crippen molar-refractivity contribution in [1.29, 1.82) is 0 Å². The first-order valence-electron chi connectivity index (χ1n) is 10.5. The molecule has 1 aromatic carbocycles. The zero-order valence-electron chi connectivity index (χ0n) is 17.1. The first kappa shape index (κ1) is 19.9. The fourth-order valence-electron chi connectivity index (χ4n) is 4.53. The number of nitrogens with zero attached hydrogens (tertiary/aromatic N) is 6. The Balaban J connectivity index is 1.26. The highest BCUT2D eigenvalue weighted by Gasteiger charge is 2.36. The van der Waals surface area contributed by atoms with Gasteiger partial charge in [0, 0.05) is 57.2 Å². The predicted molar refractivity (Wildman–Crippen MR) is 115 cm³/mol. The number of rotatable bonds is 2. The number of carbonyl (C=O) groups is 1. The Bertz CT molecular complexity index is 1110. The molecule has 1 amide bonds. The largest absolute Gasteiger partial charge is 0.355 e. The van der Waals surface area contributed by atoms with Gasteiger partial charge in [0.1, 0.15) is 4.90 Å². The predicted octanol–water partition coefficient (Wildman–Crippen LogP) is 0.986. The van der Waals surface area contributed by atoms with Gasteiger partial charge in [-0.3, -0.25) is 4.79 Å². The topological polar surface area (TPSA) is 99.1 Å². The van der Waals surface area contributed by atoms with Gasteiger partial charge in [0.05, 0.1) is 5.92 Å². The van der Waals surface area contributed by atoms with Gasteiger partial charge >= 0.3 is 0 Å². The van der Waals surface area contributed by atoms with E-state index >= 15 is 0 Å². The van der Waals surface area contributed by atoms with Gasteiger partial charge in [0.2, 0.25) is 11.9 Å². The van der Waals surface area contributed by atoms with Crippen molar-refractivity contribution in [2.45, 2.75) is 17.7 Å². The summed E-state index contributed by atoms with van der Waals surface area (Å²) < 4.78 is 28.9. The Morgan fingerprint density at radius 2 is 1.68 bits per heavy atom. The number of sulfonamides is 1. The van der Waals surface area contributed by atoms with Crippen LogP contribution < -0.4 is 4.90 Å². The molecule has 1 aromatic heterocycles. The molecule has 0 spiro atoms. The molecule has 5 rings (SSSR count). The van der Waals surface area contributed by atoms with Crippen LogP contribution in [0.4, 0.5) is 5.95 Å². The van der Waals surface area contributed by atoms with Gasteiger partial charge < -0.3 is 14.7 Å². The van der Waals surface area contributed by atoms with Gasteiger partial charge in [-0.1, -0.05) is 12.1 Å². The minimum Gasteiger partial charge on any atom is -0.355 e. The van der Waals surface area contributed by atoms with Crippen molar-refractivity contribution in [3.63, 3.8) is 0 Å². The average molecular weight is 441 g/mol. The van der Waals surface area contributed by atoms with Crippen molar-refractivity contribution in [1.82, 2.24) is 19.8 Å². The van der Waals surface area contributed by atoms with Crippen molar-refractivity contribution in [2.24, 2.45) is 10.3 Å². The number of amidine groups is 1. The highest BCUT2D eigenvalue weighted by molar-refractivity contribution is 7.90. The maximum absolute atomic E-state index is 13.2. The minimum atomic E-state index is -3.66. The highest BCUT2D eigenvalue weighted by Crippen LogP contribution is 2.30. The summed E-state index contributed by atoms with van der Waals surface area (Å²) >= 11 is 0. The van der Waals surface area contributed by atoms with E-state index in [1.54, 1.807) is 36.7 Å². The van der Waals surface area contributed by atoms with E-state index in [1.165, 1.54) is 0 Å². The second kappa shape index (κ2) is 7.92. The maximum atomic E-state index is 13.2. The average Bonchev–Trinajstić information content (AvgIpc) is 3.10. The number of piperazine rings is 1. The van der Waals surface area contributed by atoms with Gasteiger partial charge in [-0.2, -0.15) is 8.42 Å². The molecular formula is C21H24N6O3S. The first-order valence-corrected chi connectivity index (χ1v) is 12.0. The third kappa shape index (κ3) is 3.76. The Morgan fingerprint density at radius 3 is 2.45 bits per heavy atom. The van der Waals surface area contributed by atoms with Gasteiger partial charge in [-0.25, -0.2) is 9.97 Å². The number of fused-ring (bicyclic) bond motifs is 1. The van der Waals surface area contributed by atoms with Crippen LogP contribution in [0.3, 0.4) is 0 Å². The molecule has 0 N–H and O–H groups in total. The molecule has 10 heteroatoms. The lowest BCUT2D eigenvalue weighted by atomic mass is 9.95. The van der Waals surface area contributed by atoms with Crippen molar-refractivity contribution >= 4 is 27.7 Å². The van der Waals surface area contributed by atoms with Crippen LogP contribution in [0.5, 0.6) is 0 Å². The van der Waals surface area contributed by atoms with E-state index in [0.717, 1.165) is 12.8 Å². The molecule has 4 heterocycles. The number of likely N-dealkylation sites (tertiary alicyclic amines) is 1. The van der Waals surface area contributed by atoms with Crippen LogP contribution >= 0.6 is 0 Å². The number of aromatic nitrogens is 2. The second-order valence-electron chi connectivity index (χ2n) is 8.03. The Morgan fingerprint density at radius 1 is 0.935 bits per heavy atom. The lowest BCUT2D eigenvalue weighted by Gasteiger charge is -2.39. The van der Waals surface area contributed by atoms with Crippen LogP contribution in [0.25, 0.3) is 0 Å². The number of anilines is 1. The second-order valence-corrected chi connectivity index (χ2v) is 9.60. The summed E-state index contributed by atoms with van der Waals surface area (Å²) in [6.45, 7) is 3.85. The van der Waals surface area contributed by atoms with E-state index in [4.69, 9.17) is 0 Å². The number of benzene rings is 1. The van der Waals surface area contributed by atoms with Gasteiger partial charge in [-0.05, 0) is 31.0 Å². The van der Waals surface area contributed by atoms with Crippen LogP contribution in [-0.4, -0.2) is 79.2 Å². The Labute approximate surface area is 181 Å². The van der Waals surface area contributed by atoms with E-state index in [1.807, 2.05) is 15.9 Å². The summed E-state index contributed by atoms with van der Waals surface area (Å²) in [4.78, 5) is 28.0. The Hall–Kier alpha value is -3.01. The van der Waals surface area contributed by atoms with Gasteiger partial charge in [0.25, 0.3) is 10.0 Å². The Kier molecular flexibility index (Phi) is 5.09. The molecular weight excluding hydrogens is 416 g/mol. The quantitative estimate of drug-likeness (QED) is 0.687. The van der Waals surface area contributed by atoms with E-state index in [9.17, 15) is 13.2 Å². The minimum absolute atomic E-state index is 0.132. The highest BCUT2D eigenvalue weighted by atomic mass is 32.2. The number of piperidine rings is 1. The molecule has 2 fully saturated rings. The van der Waals surface area contributed by atoms with Crippen LogP contribution in [0.2, 0.25) is 0 Å². The zero-order chi connectivity index (χ0) is 21.4. The van der Waals surface area contributed by atoms with Crippen LogP contribution in [0, 0.1) is 5.92 Å². The van der Waals surface area contributed by atoms with E-state index in [0.29, 0.717) is 56.6 Å². The van der Waals surface area contributed by atoms with Crippen molar-refractivity contribution < 1.29 is 13.2 Å². The molecule has 1 unspecified atom stereocenters. The number of amides is 1. The standard InChI is InChI=1S/C21H24N6O3S/c28-20(25-11-13-26(14-12-25)21-22-8-4-9-23-21)16-5-3-10-27(15-16)19-17-6-1-2-7-18(17)31(29,30)24-19/h1-2,4,6-9,16H,3,5,10-15H2. The zero-order valence-corrected chi connectivity index (χ0v) is 17.9. The summed E-state index contributed by atoms with van der Waals surface area (Å²) in [6.07, 6.45) is 5.08. The summed E-state index contributed by atoms with van der Waals surface area (Å²) in [6, 6.07) is 8.68. The third-order valence-corrected chi connectivity index (χ3v) is 7.43. The molecule has 1 atom stereocenters. The molecule has 162 valence electrons. The van der Waals surface area contributed by atoms with Crippen molar-refractivity contribution in [3.8, 4) is 0 Å². The van der Waals surface area contributed by atoms with E-state index in [-0.39, 0.29) is 16.7 Å². The normalized spacial score (nSPS) is 22.8. The smallest absolute Gasteiger partial charge is 0.285 e. The fourth-order valence-corrected chi connectivity index (χ4v) is 5.75. The molecule has 3 aliphatic heterocycles. The van der Waals surface area contributed by atoms with Crippen LogP contribution in [0.15, 0.2) is 52.0 Å². The summed E-state index contributed by atoms with van der Waals surface area (Å²) in [5, 5.41) is 0. The number of hydrogen-bond acceptors (Lipinski definition) is 7. The fraction of sp³-hybridized carbons (Fsp3) is 0.429. The summed E-state index contributed by atoms with van der Waals surface area (Å²) in [5.74, 6) is 1.14. The summed E-state index contributed by atoms with van der Waals surface area (Å²) in [5.41, 5.74) is 0.632. The lowest BCUT2D eigenvalue weighted by Crippen LogP contribution is -2.53. The molecule has 0 saturated carbocycles. The number of carbonyl (C=O) groups excluding carboxylic acids is 1. The van der Waals surface area contributed by atoms with E-state index < -0.39 is 10.0 Å². The molecule has 2 aromatic rings. The van der Waals surface area contributed by atoms with Crippen LogP contribution in [0.1, 0.15) is 18.4 Å². The van der Waals surface area contributed by atoms with Crippen LogP contribution in [-0.2, 0) is 14.8 Å². The first-order chi connectivity index (χ1) is 15.0. The van der Waals surface area contributed by atoms with Gasteiger partial charge in [-0.15, -0.1) is 4.40 Å². The van der Waals surface area contributed by atoms with E-state index in [2.05, 4.69) is 19.3 Å². The molecule has 3 aliphatic rings. The van der Waals surface area contributed by atoms with Crippen molar-refractivity contribution in [3.05, 3.63) is 48.3 Å². The monoisotopic (exact) mass is 440 g/mol. The molecule has 0 bridgehead atoms. The SMILES string of the molecule is O=C(C1CCCN(C2=NS(=O)(=O)c3ccccc32)C1)N1CCN(c2ncccn2)CC1. The summed E-state index contributed by atoms with van der Waals surface area (Å²) in [7, 11) is -3.66. The third-order valence-electron chi connectivity index (χ3n) is 6.11. The molecule has 9 nitrogen and oxygen atoms in total. The molecule has 31 heavy (non-hydrogen) atoms.